The number of aryl methyl sites for hydroxylation is 1. The molecule has 4 heteroatoms. The van der Waals surface area contributed by atoms with Gasteiger partial charge in [0.2, 0.25) is 0 Å². The van der Waals surface area contributed by atoms with Crippen molar-refractivity contribution in [2.75, 3.05) is 0 Å². The summed E-state index contributed by atoms with van der Waals surface area (Å²) < 4.78 is 2.54. The molecule has 0 fully saturated rings. The van der Waals surface area contributed by atoms with Crippen LogP contribution < -0.4 is 0 Å². The highest BCUT2D eigenvalue weighted by Gasteiger charge is 2.15. The fourth-order valence-electron chi connectivity index (χ4n) is 1.34. The molecule has 78 valence electrons. The maximum Gasteiger partial charge on any atom is 0.182 e. The first-order chi connectivity index (χ1) is 6.70. The SMILES string of the molecule is CCCCC(=O)c1c(Br)cnn1CC. The summed E-state index contributed by atoms with van der Waals surface area (Å²) in [6.07, 6.45) is 4.28. The Morgan fingerprint density at radius 3 is 2.86 bits per heavy atom. The summed E-state index contributed by atoms with van der Waals surface area (Å²) >= 11 is 3.35. The average molecular weight is 259 g/mol. The largest absolute Gasteiger partial charge is 0.292 e. The van der Waals surface area contributed by atoms with Gasteiger partial charge in [-0.2, -0.15) is 5.10 Å². The topological polar surface area (TPSA) is 34.9 Å². The molecule has 1 aromatic heterocycles. The van der Waals surface area contributed by atoms with Gasteiger partial charge < -0.3 is 0 Å². The molecule has 1 aromatic rings. The second-order valence-corrected chi connectivity index (χ2v) is 4.04. The van der Waals surface area contributed by atoms with Crippen LogP contribution in [0.5, 0.6) is 0 Å². The van der Waals surface area contributed by atoms with Gasteiger partial charge in [-0.25, -0.2) is 0 Å². The molecule has 0 aromatic carbocycles. The normalized spacial score (nSPS) is 10.5. The first-order valence-electron chi connectivity index (χ1n) is 4.95. The van der Waals surface area contributed by atoms with Crippen molar-refractivity contribution in [3.8, 4) is 0 Å². The summed E-state index contributed by atoms with van der Waals surface area (Å²) in [5.74, 6) is 0.179. The number of hydrogen-bond acceptors (Lipinski definition) is 2. The molecular weight excluding hydrogens is 244 g/mol. The van der Waals surface area contributed by atoms with Crippen molar-refractivity contribution in [1.82, 2.24) is 9.78 Å². The quantitative estimate of drug-likeness (QED) is 0.762. The van der Waals surface area contributed by atoms with Crippen molar-refractivity contribution in [3.63, 3.8) is 0 Å². The van der Waals surface area contributed by atoms with E-state index in [0.717, 1.165) is 23.9 Å². The summed E-state index contributed by atoms with van der Waals surface area (Å²) in [7, 11) is 0. The van der Waals surface area contributed by atoms with Gasteiger partial charge in [-0.05, 0) is 29.3 Å². The van der Waals surface area contributed by atoms with Crippen LogP contribution in [-0.2, 0) is 6.54 Å². The second kappa shape index (κ2) is 5.29. The lowest BCUT2D eigenvalue weighted by molar-refractivity contribution is 0.0968. The Morgan fingerprint density at radius 1 is 1.57 bits per heavy atom. The predicted octanol–water partition coefficient (Wildman–Crippen LogP) is 3.04. The Hall–Kier alpha value is -0.640. The molecule has 0 unspecified atom stereocenters. The lowest BCUT2D eigenvalue weighted by Gasteiger charge is -2.03. The van der Waals surface area contributed by atoms with Crippen LogP contribution in [-0.4, -0.2) is 15.6 Å². The van der Waals surface area contributed by atoms with Crippen LogP contribution in [0.2, 0.25) is 0 Å². The van der Waals surface area contributed by atoms with Crippen molar-refractivity contribution in [2.45, 2.75) is 39.7 Å². The van der Waals surface area contributed by atoms with E-state index in [2.05, 4.69) is 28.0 Å². The number of ketones is 1. The van der Waals surface area contributed by atoms with Crippen LogP contribution >= 0.6 is 15.9 Å². The molecule has 0 saturated heterocycles. The van der Waals surface area contributed by atoms with Gasteiger partial charge in [-0.3, -0.25) is 9.48 Å². The third-order valence-corrected chi connectivity index (χ3v) is 2.70. The van der Waals surface area contributed by atoms with Crippen LogP contribution in [0.15, 0.2) is 10.7 Å². The van der Waals surface area contributed by atoms with Gasteiger partial charge in [0.25, 0.3) is 0 Å². The Kier molecular flexibility index (Phi) is 4.32. The number of carbonyl (C=O) groups is 1. The van der Waals surface area contributed by atoms with Gasteiger partial charge in [0.1, 0.15) is 5.69 Å². The Bertz CT molecular complexity index is 320. The van der Waals surface area contributed by atoms with E-state index in [1.54, 1.807) is 10.9 Å². The molecule has 0 N–H and O–H groups in total. The van der Waals surface area contributed by atoms with Gasteiger partial charge in [0.05, 0.1) is 10.7 Å². The summed E-state index contributed by atoms with van der Waals surface area (Å²) in [4.78, 5) is 11.8. The van der Waals surface area contributed by atoms with Crippen molar-refractivity contribution in [1.29, 1.82) is 0 Å². The van der Waals surface area contributed by atoms with E-state index >= 15 is 0 Å². The molecule has 0 aliphatic carbocycles. The van der Waals surface area contributed by atoms with Gasteiger partial charge in [-0.15, -0.1) is 0 Å². The van der Waals surface area contributed by atoms with Crippen LogP contribution in [0.25, 0.3) is 0 Å². The van der Waals surface area contributed by atoms with E-state index in [-0.39, 0.29) is 5.78 Å². The lowest BCUT2D eigenvalue weighted by Crippen LogP contribution is -2.09. The molecule has 0 atom stereocenters. The molecule has 3 nitrogen and oxygen atoms in total. The minimum Gasteiger partial charge on any atom is -0.292 e. The van der Waals surface area contributed by atoms with Gasteiger partial charge in [0, 0.05) is 13.0 Å². The molecule has 0 spiro atoms. The fourth-order valence-corrected chi connectivity index (χ4v) is 1.85. The number of Topliss-reactive ketones (excluding diaryl/α,β-unsaturated/α-hetero) is 1. The lowest BCUT2D eigenvalue weighted by atomic mass is 10.1. The molecule has 1 rings (SSSR count). The molecule has 0 bridgehead atoms. The first kappa shape index (κ1) is 11.4. The van der Waals surface area contributed by atoms with Crippen LogP contribution in [0.3, 0.4) is 0 Å². The standard InChI is InChI=1S/C10H15BrN2O/c1-3-5-6-9(14)10-8(11)7-12-13(10)4-2/h7H,3-6H2,1-2H3. The number of carbonyl (C=O) groups excluding carboxylic acids is 1. The highest BCUT2D eigenvalue weighted by Crippen LogP contribution is 2.18. The minimum absolute atomic E-state index is 0.179. The van der Waals surface area contributed by atoms with Gasteiger partial charge in [-0.1, -0.05) is 13.3 Å². The van der Waals surface area contributed by atoms with Crippen LogP contribution in [0.4, 0.5) is 0 Å². The molecule has 0 saturated carbocycles. The molecule has 0 aliphatic rings. The number of nitrogens with zero attached hydrogens (tertiary/aromatic N) is 2. The third kappa shape index (κ3) is 2.44. The van der Waals surface area contributed by atoms with Gasteiger partial charge in [0.15, 0.2) is 5.78 Å². The van der Waals surface area contributed by atoms with Crippen molar-refractivity contribution >= 4 is 21.7 Å². The van der Waals surface area contributed by atoms with E-state index in [1.807, 2.05) is 6.92 Å². The van der Waals surface area contributed by atoms with Crippen molar-refractivity contribution < 1.29 is 4.79 Å². The number of unbranched alkanes of at least 4 members (excludes halogenated alkanes) is 1. The van der Waals surface area contributed by atoms with E-state index in [4.69, 9.17) is 0 Å². The van der Waals surface area contributed by atoms with E-state index < -0.39 is 0 Å². The molecule has 1 heterocycles. The third-order valence-electron chi connectivity index (χ3n) is 2.12. The summed E-state index contributed by atoms with van der Waals surface area (Å²) in [6, 6.07) is 0. The van der Waals surface area contributed by atoms with Gasteiger partial charge >= 0.3 is 0 Å². The number of hydrogen-bond donors (Lipinski definition) is 0. The Labute approximate surface area is 92.6 Å². The molecular formula is C10H15BrN2O. The first-order valence-corrected chi connectivity index (χ1v) is 5.74. The molecule has 0 radical (unpaired) electrons. The summed E-state index contributed by atoms with van der Waals surface area (Å²) in [5.41, 5.74) is 0.709. The van der Waals surface area contributed by atoms with Crippen molar-refractivity contribution in [3.05, 3.63) is 16.4 Å². The van der Waals surface area contributed by atoms with Crippen LogP contribution in [0.1, 0.15) is 43.6 Å². The zero-order valence-corrected chi connectivity index (χ0v) is 10.2. The highest BCUT2D eigenvalue weighted by molar-refractivity contribution is 9.10. The Morgan fingerprint density at radius 2 is 2.29 bits per heavy atom. The Balaban J connectivity index is 2.82. The summed E-state index contributed by atoms with van der Waals surface area (Å²) in [6.45, 7) is 4.80. The fraction of sp³-hybridized carbons (Fsp3) is 0.600. The zero-order chi connectivity index (χ0) is 10.6. The van der Waals surface area contributed by atoms with E-state index in [1.165, 1.54) is 0 Å². The van der Waals surface area contributed by atoms with E-state index in [9.17, 15) is 4.79 Å². The predicted molar refractivity (Wildman–Crippen MR) is 59.5 cm³/mol. The maximum absolute atomic E-state index is 11.8. The van der Waals surface area contributed by atoms with Crippen molar-refractivity contribution in [2.24, 2.45) is 0 Å². The molecule has 0 aliphatic heterocycles. The average Bonchev–Trinajstić information content (AvgIpc) is 2.56. The monoisotopic (exact) mass is 258 g/mol. The number of halogens is 1. The zero-order valence-electron chi connectivity index (χ0n) is 8.59. The van der Waals surface area contributed by atoms with Crippen LogP contribution in [0, 0.1) is 0 Å². The summed E-state index contributed by atoms with van der Waals surface area (Å²) in [5, 5.41) is 4.11. The molecule has 14 heavy (non-hydrogen) atoms. The smallest absolute Gasteiger partial charge is 0.182 e. The maximum atomic E-state index is 11.8. The van der Waals surface area contributed by atoms with E-state index in [0.29, 0.717) is 12.1 Å². The minimum atomic E-state index is 0.179. The molecule has 0 amide bonds. The number of aromatic nitrogens is 2. The second-order valence-electron chi connectivity index (χ2n) is 3.18. The highest BCUT2D eigenvalue weighted by atomic mass is 79.9. The number of rotatable bonds is 5.